The first kappa shape index (κ1) is 116. The molecule has 7 atom stereocenters. The van der Waals surface area contributed by atoms with Crippen LogP contribution in [-0.4, -0.2) is 219 Å². The van der Waals surface area contributed by atoms with Crippen LogP contribution >= 0.6 is 157 Å². The molecule has 5 aromatic carbocycles. The number of carbonyl (C=O) groups excluding carboxylic acids is 1. The first-order valence-electron chi connectivity index (χ1n) is 33.4. The van der Waals surface area contributed by atoms with Crippen LogP contribution in [0.1, 0.15) is 12.5 Å². The van der Waals surface area contributed by atoms with Gasteiger partial charge in [0, 0.05) is 81.5 Å². The molecule has 0 amide bonds. The second-order valence-corrected chi connectivity index (χ2v) is 37.4. The predicted molar refractivity (Wildman–Crippen MR) is 465 cm³/mol. The highest BCUT2D eigenvalue weighted by atomic mass is 79.9. The highest BCUT2D eigenvalue weighted by Crippen LogP contribution is 2.39. The first-order chi connectivity index (χ1) is 61.1. The number of aliphatic carboxylic acids is 1. The van der Waals surface area contributed by atoms with E-state index in [1.165, 1.54) is 99.8 Å². The van der Waals surface area contributed by atoms with Crippen molar-refractivity contribution in [2.75, 3.05) is 93.3 Å². The fourth-order valence-electron chi connectivity index (χ4n) is 7.00. The smallest absolute Gasteiger partial charge is 0.345 e. The molecule has 0 saturated heterocycles. The number of nitro groups is 1. The van der Waals surface area contributed by atoms with Crippen LogP contribution in [0.4, 0.5) is 5.69 Å². The van der Waals surface area contributed by atoms with Gasteiger partial charge in [0.15, 0.2) is 11.5 Å². The van der Waals surface area contributed by atoms with Gasteiger partial charge in [-0.3, -0.25) is 14.9 Å². The summed E-state index contributed by atoms with van der Waals surface area (Å²) in [6.45, 7) is -1.31. The molecule has 0 spiro atoms. The summed E-state index contributed by atoms with van der Waals surface area (Å²) < 4.78 is 16.5. The molecule has 0 bridgehead atoms. The fraction of sp³-hybridized carbons (Fsp3) is 0.404. The number of nitro benzene ring substituents is 1. The number of fused-ring (bicyclic) bond motifs is 1. The number of rotatable bonds is 60. The molecular weight excluding hydrogens is 2080 g/mol. The van der Waals surface area contributed by atoms with Crippen LogP contribution in [0, 0.1) is 131 Å². The van der Waals surface area contributed by atoms with E-state index in [4.69, 9.17) is 36.7 Å². The molecule has 72 heteroatoms. The average molecular weight is 2150 g/mol. The molecule has 3 N–H and O–H groups in total. The van der Waals surface area contributed by atoms with Gasteiger partial charge in [-0.25, -0.2) is 4.79 Å². The van der Waals surface area contributed by atoms with Crippen LogP contribution in [0.5, 0.6) is 11.5 Å². The number of carbonyl (C=O) groups is 2. The summed E-state index contributed by atoms with van der Waals surface area (Å²) in [5, 5.41) is 129. The van der Waals surface area contributed by atoms with Gasteiger partial charge in [-0.1, -0.05) is 181 Å². The Kier molecular flexibility index (Phi) is 62.2. The number of carboxylic acid groups (broad SMARTS) is 1. The zero-order valence-corrected chi connectivity index (χ0v) is 76.5. The van der Waals surface area contributed by atoms with Crippen molar-refractivity contribution in [3.05, 3.63) is 273 Å². The lowest BCUT2D eigenvalue weighted by Gasteiger charge is -2.13. The minimum atomic E-state index is -1.19. The maximum Gasteiger partial charge on any atom is 0.345 e. The molecule has 1 aliphatic rings. The molecule has 7 unspecified atom stereocenters. The van der Waals surface area contributed by atoms with Crippen molar-refractivity contribution in [1.29, 1.82) is 0 Å². The lowest BCUT2D eigenvalue weighted by molar-refractivity contribution is -0.788. The molecule has 6 rings (SSSR count). The number of ether oxygens (including phenoxy) is 3. The van der Waals surface area contributed by atoms with E-state index in [1.807, 2.05) is 54.6 Å². The first-order valence-corrected chi connectivity index (χ1v) is 48.7. The Morgan fingerprint density at radius 2 is 0.729 bits per heavy atom. The van der Waals surface area contributed by atoms with Crippen molar-refractivity contribution in [2.45, 2.75) is 69.2 Å². The molecular formula is C57H64BrClN14O44S12. The third-order valence-corrected chi connectivity index (χ3v) is 27.5. The largest absolute Gasteiger partial charge is 0.480 e. The van der Waals surface area contributed by atoms with Gasteiger partial charge in [0.2, 0.25) is 6.79 Å². The quantitative estimate of drug-likeness (QED) is 0.00911. The Labute approximate surface area is 780 Å². The average Bonchev–Trinajstić information content (AvgIpc) is 1.78. The lowest BCUT2D eigenvalue weighted by atomic mass is 10.2. The summed E-state index contributed by atoms with van der Waals surface area (Å²) in [6, 6.07) is 33.6. The van der Waals surface area contributed by atoms with Gasteiger partial charge < -0.3 is 83.1 Å². The van der Waals surface area contributed by atoms with Crippen LogP contribution < -0.4 is 15.2 Å². The number of hydrogen-bond acceptors (Lipinski definition) is 56. The van der Waals surface area contributed by atoms with Gasteiger partial charge in [-0.05, 0) is 103 Å². The monoisotopic (exact) mass is 2150 g/mol. The summed E-state index contributed by atoms with van der Waals surface area (Å²) >= 11 is 9.04. The third kappa shape index (κ3) is 63.7. The number of nitrogens with zero attached hydrogens (tertiary/aromatic N) is 13. The van der Waals surface area contributed by atoms with Gasteiger partial charge in [-0.2, -0.15) is 0 Å². The molecule has 0 aromatic heterocycles. The molecule has 5 aromatic rings. The van der Waals surface area contributed by atoms with E-state index in [0.717, 1.165) is 73.1 Å². The standard InChI is InChI=1S/C15H16N2O10S2.C9H9BrN2O6S2.C9H9ClN2O6S2.C9H9N3O8S2.C9H10N2O6S2.C6H11N3O8S2/c1-2-23-15(18)14(6-10-3-4-12-13(5-10)25-9-24-12)29-28-8-11(27-17(21)22)7-26-16(19)20;2*10-7-1-3-9(4-2-7)20-19-6-8(18-12(15)16)5-17-11(13)14;13-10(14)7-1-3-9(4-2-7)22-21-6-8(20-12(17)18)5-19-11(15)16;12-10(13)16-6-8(17-11(14)15)7-18-19-9-4-2-1-3-5-9;7-5(6(10)11)3-19-18-2-4(17-9(14)15)1-16-8(12)13/h3-6,11H,2,7-9H2,1H3;2*1-4,8H,5-6H2;1-4,8H,5-6H2;1-5,8H,6-7H2;4-5H,1-3,7H2,(H,10,11)/b14-6-;;;;;. The van der Waals surface area contributed by atoms with Gasteiger partial charge in [0.25, 0.3) is 66.7 Å². The molecule has 1 aliphatic heterocycles. The Hall–Kier alpha value is -10.9. The minimum Gasteiger partial charge on any atom is -0.480 e. The second kappa shape index (κ2) is 69.1. The molecule has 0 radical (unpaired) electrons. The summed E-state index contributed by atoms with van der Waals surface area (Å²) in [5.41, 5.74) is 5.83. The predicted octanol–water partition coefficient (Wildman–Crippen LogP) is 12.2. The zero-order chi connectivity index (χ0) is 96.6. The minimum absolute atomic E-state index is 0.00578. The van der Waals surface area contributed by atoms with Gasteiger partial charge in [-0.15, -0.1) is 121 Å². The van der Waals surface area contributed by atoms with E-state index < -0.39 is 160 Å². The number of nitrogens with two attached hydrogens (primary N) is 1. The summed E-state index contributed by atoms with van der Waals surface area (Å²) in [7, 11) is 14.4. The summed E-state index contributed by atoms with van der Waals surface area (Å²) in [4.78, 5) is 208. The Morgan fingerprint density at radius 1 is 0.419 bits per heavy atom. The van der Waals surface area contributed by atoms with Crippen molar-refractivity contribution in [3.8, 4) is 11.5 Å². The van der Waals surface area contributed by atoms with Crippen molar-refractivity contribution in [2.24, 2.45) is 5.73 Å². The Bertz CT molecular complexity index is 4290. The van der Waals surface area contributed by atoms with Crippen LogP contribution in [0.2, 0.25) is 5.02 Å². The number of benzene rings is 5. The van der Waals surface area contributed by atoms with Crippen LogP contribution in [0.3, 0.4) is 0 Å². The highest BCUT2D eigenvalue weighted by Gasteiger charge is 2.25. The highest BCUT2D eigenvalue weighted by molar-refractivity contribution is 9.10. The van der Waals surface area contributed by atoms with E-state index in [1.54, 1.807) is 55.5 Å². The number of non-ortho nitro benzene ring substituents is 1. The van der Waals surface area contributed by atoms with E-state index >= 15 is 0 Å². The number of carboxylic acids is 1. The SMILES string of the molecule is CCOC(=O)/C(=C/c1ccc2c(c1)OCO2)SSCC(CO[N+](=O)[O-])O[N+](=O)[O-].NC(CSSCC(CO[N+](=O)[O-])O[N+](=O)[O-])C(=O)O.O=[N+]([O-])OCC(CSSc1ccc(Br)cc1)O[N+](=O)[O-].O=[N+]([O-])OCC(CSSc1ccc(Cl)cc1)O[N+](=O)[O-].O=[N+]([O-])OCC(CSSc1ccc([N+](=O)[O-])cc1)O[N+](=O)[O-].O=[N+]([O-])OCC(CSSc1ccccc1)O[N+](=O)[O-]. The number of halogens is 2. The van der Waals surface area contributed by atoms with Crippen LogP contribution in [0.15, 0.2) is 150 Å². The van der Waals surface area contributed by atoms with Crippen molar-refractivity contribution < 1.29 is 153 Å². The molecule has 712 valence electrons. The number of hydrogen-bond donors (Lipinski definition) is 2. The van der Waals surface area contributed by atoms with Crippen molar-refractivity contribution in [3.63, 3.8) is 0 Å². The summed E-state index contributed by atoms with van der Waals surface area (Å²) in [5.74, 6) is -0.0188. The zero-order valence-electron chi connectivity index (χ0n) is 64.3. The van der Waals surface area contributed by atoms with Gasteiger partial charge in [0.1, 0.15) is 87.2 Å². The lowest BCUT2D eigenvalue weighted by Crippen LogP contribution is -2.32. The van der Waals surface area contributed by atoms with E-state index in [9.17, 15) is 141 Å². The van der Waals surface area contributed by atoms with Gasteiger partial charge >= 0.3 is 11.9 Å². The van der Waals surface area contributed by atoms with Crippen molar-refractivity contribution >= 4 is 181 Å². The molecule has 0 fully saturated rings. The topological polar surface area (TPSA) is 780 Å². The molecule has 58 nitrogen and oxygen atoms in total. The van der Waals surface area contributed by atoms with E-state index in [-0.39, 0.29) is 64.3 Å². The summed E-state index contributed by atoms with van der Waals surface area (Å²) in [6.07, 6.45) is -4.85. The second-order valence-electron chi connectivity index (χ2n) is 21.5. The third-order valence-electron chi connectivity index (χ3n) is 12.1. The maximum absolute atomic E-state index is 12.2. The van der Waals surface area contributed by atoms with Gasteiger partial charge in [0.05, 0.1) is 11.5 Å². The fourth-order valence-corrected chi connectivity index (χ4v) is 20.5. The molecule has 129 heavy (non-hydrogen) atoms. The Morgan fingerprint density at radius 3 is 1.05 bits per heavy atom. The molecule has 0 aliphatic carbocycles. The molecule has 0 saturated carbocycles. The number of esters is 1. The van der Waals surface area contributed by atoms with E-state index in [2.05, 4.69) is 74.0 Å². The van der Waals surface area contributed by atoms with Crippen LogP contribution in [0.25, 0.3) is 6.08 Å². The Balaban J connectivity index is 0.000000780. The normalized spacial score (nSPS) is 12.3. The molecule has 1 heterocycles. The van der Waals surface area contributed by atoms with Crippen molar-refractivity contribution in [1.82, 2.24) is 0 Å². The van der Waals surface area contributed by atoms with E-state index in [0.29, 0.717) is 27.0 Å². The maximum atomic E-state index is 12.2. The van der Waals surface area contributed by atoms with Crippen LogP contribution in [-0.2, 0) is 72.4 Å².